The number of hydrogen-bond acceptors (Lipinski definition) is 5. The topological polar surface area (TPSA) is 93.5 Å². The number of aromatic amines is 1. The third-order valence-corrected chi connectivity index (χ3v) is 3.46. The average molecular weight is 316 g/mol. The summed E-state index contributed by atoms with van der Waals surface area (Å²) in [5.41, 5.74) is -0.688. The minimum Gasteiger partial charge on any atom is -0.390 e. The number of hydrogen-bond donors (Lipinski definition) is 2. The van der Waals surface area contributed by atoms with E-state index in [1.807, 2.05) is 13.0 Å². The lowest BCUT2D eigenvalue weighted by Gasteiger charge is -2.15. The van der Waals surface area contributed by atoms with Gasteiger partial charge in [-0.3, -0.25) is 14.3 Å². The molecule has 2 N–H and O–H groups in total. The molecule has 0 bridgehead atoms. The highest BCUT2D eigenvalue weighted by Crippen LogP contribution is 2.28. The molecule has 21 heavy (non-hydrogen) atoms. The molecule has 2 heterocycles. The third kappa shape index (κ3) is 3.68. The van der Waals surface area contributed by atoms with E-state index in [4.69, 9.17) is 10.5 Å². The second-order valence-electron chi connectivity index (χ2n) is 4.80. The number of nitrogens with zero attached hydrogens (tertiary/aromatic N) is 1. The van der Waals surface area contributed by atoms with Gasteiger partial charge in [0.1, 0.15) is 12.3 Å². The Bertz CT molecular complexity index is 644. The first-order valence-electron chi connectivity index (χ1n) is 7.20. The predicted octanol–water partition coefficient (Wildman–Crippen LogP) is 0.415. The largest absolute Gasteiger partial charge is 0.390 e. The normalized spacial score (nSPS) is 27.0. The maximum Gasteiger partial charge on any atom is 0.330 e. The van der Waals surface area contributed by atoms with Gasteiger partial charge in [-0.2, -0.15) is 0 Å². The summed E-state index contributed by atoms with van der Waals surface area (Å²) in [6.07, 6.45) is 3.84. The van der Waals surface area contributed by atoms with Crippen LogP contribution in [0.2, 0.25) is 0 Å². The van der Waals surface area contributed by atoms with Crippen LogP contribution in [0.15, 0.2) is 21.9 Å². The molecule has 0 spiro atoms. The zero-order chi connectivity index (χ0) is 16.1. The van der Waals surface area contributed by atoms with E-state index >= 15 is 0 Å². The summed E-state index contributed by atoms with van der Waals surface area (Å²) in [5.74, 6) is 0. The molecule has 8 heteroatoms. The Morgan fingerprint density at radius 2 is 2.52 bits per heavy atom. The highest BCUT2D eigenvalue weighted by atomic mass is 31.0. The van der Waals surface area contributed by atoms with Crippen molar-refractivity contribution in [3.05, 3.63) is 38.7 Å². The van der Waals surface area contributed by atoms with Crippen LogP contribution >= 0.6 is 9.41 Å². The van der Waals surface area contributed by atoms with Crippen LogP contribution in [-0.4, -0.2) is 34.8 Å². The van der Waals surface area contributed by atoms with Gasteiger partial charge in [-0.25, -0.2) is 4.79 Å². The lowest BCUT2D eigenvalue weighted by Crippen LogP contribution is -2.33. The lowest BCUT2D eigenvalue weighted by atomic mass is 10.2. The number of aliphatic hydroxyl groups is 1. The number of allylic oxidation sites excluding steroid dienone is 1. The quantitative estimate of drug-likeness (QED) is 0.742. The number of ether oxygens (including phenoxy) is 1. The molecule has 0 radical (unpaired) electrons. The maximum atomic E-state index is 11.9. The van der Waals surface area contributed by atoms with Gasteiger partial charge in [-0.05, 0) is 6.42 Å². The molecule has 2 rings (SSSR count). The summed E-state index contributed by atoms with van der Waals surface area (Å²) < 4.78 is 18.8. The minimum absolute atomic E-state index is 0.0975. The molecule has 4 unspecified atom stereocenters. The van der Waals surface area contributed by atoms with Crippen LogP contribution in [0.3, 0.4) is 0 Å². The first-order chi connectivity index (χ1) is 10.6. The average Bonchev–Trinajstić information content (AvgIpc) is 2.85. The molecular formula is C13H19N2O5P. The van der Waals surface area contributed by atoms with Gasteiger partial charge < -0.3 is 14.4 Å². The molecule has 0 saturated carbocycles. The van der Waals surface area contributed by atoms with Gasteiger partial charge in [0.2, 0.25) is 0 Å². The van der Waals surface area contributed by atoms with Gasteiger partial charge in [0.25, 0.3) is 5.56 Å². The van der Waals surface area contributed by atoms with Crippen LogP contribution < -0.4 is 11.2 Å². The maximum absolute atomic E-state index is 11.9. The number of aromatic nitrogens is 2. The molecule has 1 aliphatic rings. The number of aliphatic hydroxyl groups excluding tert-OH is 1. The van der Waals surface area contributed by atoms with E-state index in [1.54, 1.807) is 6.08 Å². The van der Waals surface area contributed by atoms with Crippen molar-refractivity contribution in [3.63, 3.8) is 0 Å². The Morgan fingerprint density at radius 3 is 3.24 bits per heavy atom. The fourth-order valence-corrected chi connectivity index (χ4v) is 2.36. The van der Waals surface area contributed by atoms with Crippen LogP contribution in [0.25, 0.3) is 6.08 Å². The second-order valence-corrected chi connectivity index (χ2v) is 5.09. The minimum atomic E-state index is -0.783. The molecule has 0 amide bonds. The van der Waals surface area contributed by atoms with Crippen molar-refractivity contribution < 1.29 is 14.4 Å². The Kier molecular flexibility index (Phi) is 4.98. The number of rotatable bonds is 6. The van der Waals surface area contributed by atoms with Crippen molar-refractivity contribution in [2.24, 2.45) is 0 Å². The van der Waals surface area contributed by atoms with Crippen LogP contribution in [0, 0.1) is 0 Å². The summed E-state index contributed by atoms with van der Waals surface area (Å²) in [7, 11) is -0.440. The van der Waals surface area contributed by atoms with Crippen molar-refractivity contribution in [2.75, 3.05) is 6.61 Å². The zero-order valence-corrected chi connectivity index (χ0v) is 12.6. The molecule has 1 aromatic rings. The smallest absolute Gasteiger partial charge is 0.330 e. The van der Waals surface area contributed by atoms with Gasteiger partial charge in [0.05, 0.1) is 19.6 Å². The zero-order valence-electron chi connectivity index (χ0n) is 12.6. The molecule has 1 fully saturated rings. The molecule has 1 aromatic heterocycles. The fourth-order valence-electron chi connectivity index (χ4n) is 2.20. The van der Waals surface area contributed by atoms with E-state index < -0.39 is 39.1 Å². The van der Waals surface area contributed by atoms with E-state index in [2.05, 4.69) is 4.98 Å². The molecule has 0 aliphatic carbocycles. The van der Waals surface area contributed by atoms with Crippen LogP contribution in [0.5, 0.6) is 0 Å². The van der Waals surface area contributed by atoms with Gasteiger partial charge in [0, 0.05) is 22.0 Å². The monoisotopic (exact) mass is 316 g/mol. The molecule has 1 saturated heterocycles. The molecule has 116 valence electrons. The lowest BCUT2D eigenvalue weighted by molar-refractivity contribution is -0.0382. The second kappa shape index (κ2) is 7.13. The molecular weight excluding hydrogens is 295 g/mol. The summed E-state index contributed by atoms with van der Waals surface area (Å²) in [6, 6.07) is 0. The predicted molar refractivity (Wildman–Crippen MR) is 80.8 cm³/mol. The summed E-state index contributed by atoms with van der Waals surface area (Å²) in [5, 5.41) is 9.94. The molecule has 0 aromatic carbocycles. The molecule has 7 nitrogen and oxygen atoms in total. The Balaban J connectivity index is 2.24. The highest BCUT2D eigenvalue weighted by Gasteiger charge is 2.35. The molecule has 1 aliphatic heterocycles. The Morgan fingerprint density at radius 1 is 1.71 bits per heavy atom. The van der Waals surface area contributed by atoms with Crippen LogP contribution in [0.1, 0.15) is 31.6 Å². The van der Waals surface area contributed by atoms with Crippen LogP contribution in [0.4, 0.5) is 0 Å². The van der Waals surface area contributed by atoms with Crippen molar-refractivity contribution in [3.8, 4) is 0 Å². The Labute approximate surface area is 125 Å². The Hall–Kier alpha value is -1.27. The van der Waals surface area contributed by atoms with Gasteiger partial charge >= 0.3 is 5.69 Å². The number of H-pyrrole nitrogens is 1. The van der Waals surface area contributed by atoms with Gasteiger partial charge in [-0.1, -0.05) is 19.1 Å². The van der Waals surface area contributed by atoms with E-state index in [-0.39, 0.29) is 13.0 Å². The standard InChI is InChI=1S/C13H19N2O5P/c1-2-3-4-8-6-15(13(18)14-12(8)17)11-5-9(16)10(20-11)7-19-21/h3-4,6,9-11,16H,2,5,7,21H2,1H3,(H,14,17,18)/b4-3+/i21T. The van der Waals surface area contributed by atoms with E-state index in [1.165, 1.54) is 10.8 Å². The molecule has 4 atom stereocenters. The van der Waals surface area contributed by atoms with Crippen molar-refractivity contribution in [2.45, 2.75) is 38.2 Å². The number of nitrogens with one attached hydrogen (secondary N) is 1. The first kappa shape index (κ1) is 14.7. The van der Waals surface area contributed by atoms with E-state index in [0.29, 0.717) is 5.56 Å². The third-order valence-electron chi connectivity index (χ3n) is 3.29. The van der Waals surface area contributed by atoms with Crippen LogP contribution in [-0.2, 0) is 9.26 Å². The summed E-state index contributed by atoms with van der Waals surface area (Å²) in [6.45, 7) is 2.04. The van der Waals surface area contributed by atoms with Gasteiger partial charge in [-0.15, -0.1) is 0 Å². The summed E-state index contributed by atoms with van der Waals surface area (Å²) in [4.78, 5) is 25.9. The van der Waals surface area contributed by atoms with Gasteiger partial charge in [0.15, 0.2) is 0 Å². The van der Waals surface area contributed by atoms with Crippen molar-refractivity contribution in [1.29, 1.82) is 1.28 Å². The highest BCUT2D eigenvalue weighted by molar-refractivity contribution is 7.09. The fraction of sp³-hybridized carbons (Fsp3) is 0.538. The summed E-state index contributed by atoms with van der Waals surface area (Å²) >= 11 is 0. The van der Waals surface area contributed by atoms with E-state index in [9.17, 15) is 14.7 Å². The SMILES string of the molecule is [3H]POCC1OC(n2cc(/C=C/CC)c(=O)[nH]c2=O)CC1O. The first-order valence-corrected chi connectivity index (χ1v) is 7.11. The van der Waals surface area contributed by atoms with Crippen molar-refractivity contribution in [1.82, 2.24) is 9.55 Å². The van der Waals surface area contributed by atoms with E-state index in [0.717, 1.165) is 6.42 Å². The van der Waals surface area contributed by atoms with Crippen molar-refractivity contribution >= 4 is 15.5 Å².